The lowest BCUT2D eigenvalue weighted by Crippen LogP contribution is -2.32. The van der Waals surface area contributed by atoms with E-state index in [1.54, 1.807) is 0 Å². The second kappa shape index (κ2) is 10.2. The van der Waals surface area contributed by atoms with E-state index in [2.05, 4.69) is 4.90 Å². The third-order valence-corrected chi connectivity index (χ3v) is 4.59. The van der Waals surface area contributed by atoms with Crippen molar-refractivity contribution in [2.45, 2.75) is 32.1 Å². The fourth-order valence-electron chi connectivity index (χ4n) is 3.34. The molecule has 1 aliphatic heterocycles. The topological polar surface area (TPSA) is 23.6 Å². The number of piperidine rings is 1. The van der Waals surface area contributed by atoms with Crippen LogP contribution in [-0.2, 0) is 4.79 Å². The summed E-state index contributed by atoms with van der Waals surface area (Å²) in [6.07, 6.45) is 5.46. The maximum Gasteiger partial charge on any atom is 0.231 e. The van der Waals surface area contributed by atoms with Gasteiger partial charge in [-0.15, -0.1) is 12.4 Å². The van der Waals surface area contributed by atoms with E-state index in [1.165, 1.54) is 32.4 Å². The van der Waals surface area contributed by atoms with Crippen LogP contribution in [0.3, 0.4) is 0 Å². The van der Waals surface area contributed by atoms with Crippen LogP contribution in [0.5, 0.6) is 0 Å². The highest BCUT2D eigenvalue weighted by atomic mass is 35.5. The quantitative estimate of drug-likeness (QED) is 0.722. The Balaban J connectivity index is 0.00000225. The fourth-order valence-corrected chi connectivity index (χ4v) is 3.34. The third kappa shape index (κ3) is 5.58. The Morgan fingerprint density at radius 2 is 1.36 bits per heavy atom. The molecule has 0 aliphatic carbocycles. The molecule has 3 rings (SSSR count). The number of anilines is 2. The first-order valence-electron chi connectivity index (χ1n) is 9.00. The number of halogens is 1. The number of rotatable bonds is 6. The van der Waals surface area contributed by atoms with Crippen LogP contribution < -0.4 is 4.90 Å². The molecule has 4 heteroatoms. The number of hydrogen-bond acceptors (Lipinski definition) is 2. The van der Waals surface area contributed by atoms with Gasteiger partial charge >= 0.3 is 0 Å². The van der Waals surface area contributed by atoms with Gasteiger partial charge < -0.3 is 4.90 Å². The van der Waals surface area contributed by atoms with E-state index in [1.807, 2.05) is 65.6 Å². The molecular weight excluding hydrogens is 332 g/mol. The lowest BCUT2D eigenvalue weighted by molar-refractivity contribution is -0.118. The van der Waals surface area contributed by atoms with Crippen molar-refractivity contribution in [3.05, 3.63) is 60.7 Å². The van der Waals surface area contributed by atoms with E-state index in [4.69, 9.17) is 0 Å². The smallest absolute Gasteiger partial charge is 0.231 e. The zero-order chi connectivity index (χ0) is 16.6. The number of hydrogen-bond donors (Lipinski definition) is 0. The van der Waals surface area contributed by atoms with E-state index in [-0.39, 0.29) is 18.3 Å². The maximum absolute atomic E-state index is 12.9. The van der Waals surface area contributed by atoms with E-state index >= 15 is 0 Å². The minimum absolute atomic E-state index is 0. The molecule has 0 saturated carbocycles. The molecule has 0 atom stereocenters. The van der Waals surface area contributed by atoms with Crippen molar-refractivity contribution in [3.8, 4) is 0 Å². The van der Waals surface area contributed by atoms with Crippen LogP contribution in [0.4, 0.5) is 11.4 Å². The maximum atomic E-state index is 12.9. The number of carbonyl (C=O) groups is 1. The van der Waals surface area contributed by atoms with Gasteiger partial charge in [-0.05, 0) is 63.2 Å². The molecule has 1 saturated heterocycles. The molecular formula is C21H27ClN2O. The highest BCUT2D eigenvalue weighted by Gasteiger charge is 2.18. The van der Waals surface area contributed by atoms with Gasteiger partial charge in [-0.3, -0.25) is 9.69 Å². The van der Waals surface area contributed by atoms with Gasteiger partial charge in [-0.2, -0.15) is 0 Å². The van der Waals surface area contributed by atoms with Gasteiger partial charge in [0.15, 0.2) is 0 Å². The molecule has 2 aromatic rings. The van der Waals surface area contributed by atoms with Crippen LogP contribution in [0, 0.1) is 0 Å². The zero-order valence-corrected chi connectivity index (χ0v) is 15.5. The number of carbonyl (C=O) groups excluding carboxylic acids is 1. The lowest BCUT2D eigenvalue weighted by Gasteiger charge is -2.27. The number of nitrogens with zero attached hydrogens (tertiary/aromatic N) is 2. The summed E-state index contributed by atoms with van der Waals surface area (Å²) < 4.78 is 0. The highest BCUT2D eigenvalue weighted by molar-refractivity contribution is 6.00. The number of amides is 1. The van der Waals surface area contributed by atoms with Gasteiger partial charge in [-0.1, -0.05) is 42.8 Å². The van der Waals surface area contributed by atoms with Crippen LogP contribution in [0.15, 0.2) is 60.7 Å². The van der Waals surface area contributed by atoms with Crippen molar-refractivity contribution in [1.29, 1.82) is 0 Å². The Bertz CT molecular complexity index is 587. The molecule has 1 fully saturated rings. The van der Waals surface area contributed by atoms with E-state index in [0.717, 1.165) is 24.3 Å². The van der Waals surface area contributed by atoms with Crippen molar-refractivity contribution in [2.75, 3.05) is 24.5 Å². The molecule has 2 aromatic carbocycles. The summed E-state index contributed by atoms with van der Waals surface area (Å²) >= 11 is 0. The van der Waals surface area contributed by atoms with Crippen LogP contribution in [0.2, 0.25) is 0 Å². The SMILES string of the molecule is Cl.O=C(CCCN1CCCCC1)N(c1ccccc1)c1ccccc1. The van der Waals surface area contributed by atoms with Crippen LogP contribution in [-0.4, -0.2) is 30.4 Å². The summed E-state index contributed by atoms with van der Waals surface area (Å²) in [5, 5.41) is 0. The third-order valence-electron chi connectivity index (χ3n) is 4.59. The van der Waals surface area contributed by atoms with Crippen molar-refractivity contribution < 1.29 is 4.79 Å². The van der Waals surface area contributed by atoms with E-state index in [9.17, 15) is 4.79 Å². The average Bonchev–Trinajstić information content (AvgIpc) is 2.65. The Morgan fingerprint density at radius 1 is 0.840 bits per heavy atom. The molecule has 1 amide bonds. The van der Waals surface area contributed by atoms with Gasteiger partial charge in [0.05, 0.1) is 0 Å². The summed E-state index contributed by atoms with van der Waals surface area (Å²) in [5.74, 6) is 0.171. The fraction of sp³-hybridized carbons (Fsp3) is 0.381. The monoisotopic (exact) mass is 358 g/mol. The van der Waals surface area contributed by atoms with Gasteiger partial charge in [0.25, 0.3) is 0 Å². The van der Waals surface area contributed by atoms with Crippen LogP contribution in [0.1, 0.15) is 32.1 Å². The lowest BCUT2D eigenvalue weighted by atomic mass is 10.1. The minimum atomic E-state index is 0. The Hall–Kier alpha value is -1.84. The first-order chi connectivity index (χ1) is 11.8. The molecule has 0 radical (unpaired) electrons. The molecule has 0 bridgehead atoms. The number of para-hydroxylation sites is 2. The average molecular weight is 359 g/mol. The number of likely N-dealkylation sites (tertiary alicyclic amines) is 1. The molecule has 1 heterocycles. The molecule has 134 valence electrons. The largest absolute Gasteiger partial charge is 0.303 e. The molecule has 0 aromatic heterocycles. The first-order valence-corrected chi connectivity index (χ1v) is 9.00. The standard InChI is InChI=1S/C21H26N2O.ClH/c24-21(15-10-18-22-16-8-3-9-17-22)23(19-11-4-1-5-12-19)20-13-6-2-7-14-20;/h1-2,4-7,11-14H,3,8-10,15-18H2;1H. The van der Waals surface area contributed by atoms with Gasteiger partial charge in [0, 0.05) is 17.8 Å². The summed E-state index contributed by atoms with van der Waals surface area (Å²) in [4.78, 5) is 17.2. The van der Waals surface area contributed by atoms with Gasteiger partial charge in [0.2, 0.25) is 5.91 Å². The Kier molecular flexibility index (Phi) is 7.96. The zero-order valence-electron chi connectivity index (χ0n) is 14.6. The first kappa shape index (κ1) is 19.5. The van der Waals surface area contributed by atoms with Crippen LogP contribution >= 0.6 is 12.4 Å². The molecule has 3 nitrogen and oxygen atoms in total. The van der Waals surface area contributed by atoms with Crippen molar-refractivity contribution >= 4 is 29.7 Å². The second-order valence-electron chi connectivity index (χ2n) is 6.41. The molecule has 0 N–H and O–H groups in total. The van der Waals surface area contributed by atoms with Gasteiger partial charge in [0.1, 0.15) is 0 Å². The van der Waals surface area contributed by atoms with E-state index < -0.39 is 0 Å². The van der Waals surface area contributed by atoms with Crippen molar-refractivity contribution in [1.82, 2.24) is 4.90 Å². The summed E-state index contributed by atoms with van der Waals surface area (Å²) in [5.41, 5.74) is 1.87. The Morgan fingerprint density at radius 3 is 1.88 bits per heavy atom. The normalized spacial score (nSPS) is 14.6. The predicted octanol–water partition coefficient (Wildman–Crippen LogP) is 5.04. The van der Waals surface area contributed by atoms with Gasteiger partial charge in [-0.25, -0.2) is 0 Å². The minimum Gasteiger partial charge on any atom is -0.303 e. The van der Waals surface area contributed by atoms with Crippen molar-refractivity contribution in [2.24, 2.45) is 0 Å². The van der Waals surface area contributed by atoms with Crippen LogP contribution in [0.25, 0.3) is 0 Å². The summed E-state index contributed by atoms with van der Waals surface area (Å²) in [7, 11) is 0. The molecule has 1 aliphatic rings. The molecule has 0 spiro atoms. The highest BCUT2D eigenvalue weighted by Crippen LogP contribution is 2.26. The summed E-state index contributed by atoms with van der Waals surface area (Å²) in [6, 6.07) is 19.9. The summed E-state index contributed by atoms with van der Waals surface area (Å²) in [6.45, 7) is 3.41. The molecule has 25 heavy (non-hydrogen) atoms. The Labute approximate surface area is 157 Å². The van der Waals surface area contributed by atoms with E-state index in [0.29, 0.717) is 6.42 Å². The number of benzene rings is 2. The predicted molar refractivity (Wildman–Crippen MR) is 107 cm³/mol. The molecule has 0 unspecified atom stereocenters. The second-order valence-corrected chi connectivity index (χ2v) is 6.41. The van der Waals surface area contributed by atoms with Crippen molar-refractivity contribution in [3.63, 3.8) is 0 Å².